The molecule has 3 heteroatoms. The molecule has 0 bridgehead atoms. The minimum absolute atomic E-state index is 0.212. The lowest BCUT2D eigenvalue weighted by molar-refractivity contribution is 0.0875. The van der Waals surface area contributed by atoms with E-state index in [0.717, 1.165) is 19.5 Å². The van der Waals surface area contributed by atoms with Crippen molar-refractivity contribution in [2.45, 2.75) is 58.5 Å². The second kappa shape index (κ2) is 5.65. The molecule has 0 amide bonds. The quantitative estimate of drug-likeness (QED) is 0.794. The average Bonchev–Trinajstić information content (AvgIpc) is 2.27. The van der Waals surface area contributed by atoms with Gasteiger partial charge in [-0.05, 0) is 40.0 Å². The van der Waals surface area contributed by atoms with Crippen LogP contribution >= 0.6 is 0 Å². The number of likely N-dealkylation sites (tertiary alicyclic amines) is 1. The van der Waals surface area contributed by atoms with Crippen molar-refractivity contribution in [3.05, 3.63) is 0 Å². The molecule has 0 aromatic rings. The van der Waals surface area contributed by atoms with Crippen LogP contribution in [-0.4, -0.2) is 30.1 Å². The summed E-state index contributed by atoms with van der Waals surface area (Å²) in [6.45, 7) is 8.06. The number of nitriles is 1. The molecular formula is C13H25N3. The van der Waals surface area contributed by atoms with Crippen molar-refractivity contribution in [3.63, 3.8) is 0 Å². The van der Waals surface area contributed by atoms with E-state index in [-0.39, 0.29) is 5.41 Å². The second-order valence-electron chi connectivity index (χ2n) is 5.65. The van der Waals surface area contributed by atoms with E-state index in [1.807, 2.05) is 13.8 Å². The summed E-state index contributed by atoms with van der Waals surface area (Å²) in [5, 5.41) is 9.02. The van der Waals surface area contributed by atoms with Gasteiger partial charge in [-0.15, -0.1) is 0 Å². The van der Waals surface area contributed by atoms with Crippen LogP contribution in [0.1, 0.15) is 46.5 Å². The molecule has 1 aliphatic heterocycles. The average molecular weight is 223 g/mol. The van der Waals surface area contributed by atoms with Crippen LogP contribution in [-0.2, 0) is 0 Å². The fourth-order valence-corrected chi connectivity index (χ4v) is 2.46. The third-order valence-corrected chi connectivity index (χ3v) is 3.76. The van der Waals surface area contributed by atoms with Crippen molar-refractivity contribution in [2.75, 3.05) is 13.1 Å². The van der Waals surface area contributed by atoms with Crippen LogP contribution in [0.2, 0.25) is 0 Å². The van der Waals surface area contributed by atoms with Gasteiger partial charge in [-0.2, -0.15) is 5.26 Å². The maximum atomic E-state index is 9.02. The van der Waals surface area contributed by atoms with E-state index in [9.17, 15) is 0 Å². The van der Waals surface area contributed by atoms with Gasteiger partial charge < -0.3 is 5.73 Å². The zero-order valence-electron chi connectivity index (χ0n) is 10.9. The molecule has 1 rings (SSSR count). The number of hydrogen-bond acceptors (Lipinski definition) is 3. The molecule has 1 fully saturated rings. The number of piperidine rings is 1. The van der Waals surface area contributed by atoms with Gasteiger partial charge in [0.1, 0.15) is 0 Å². The highest BCUT2D eigenvalue weighted by atomic mass is 15.2. The molecule has 3 nitrogen and oxygen atoms in total. The molecule has 1 heterocycles. The van der Waals surface area contributed by atoms with E-state index in [1.165, 1.54) is 19.3 Å². The molecule has 2 atom stereocenters. The van der Waals surface area contributed by atoms with Crippen LogP contribution in [0.5, 0.6) is 0 Å². The third-order valence-electron chi connectivity index (χ3n) is 3.76. The lowest BCUT2D eigenvalue weighted by Gasteiger charge is -2.41. The van der Waals surface area contributed by atoms with Crippen LogP contribution in [0.4, 0.5) is 0 Å². The van der Waals surface area contributed by atoms with Gasteiger partial charge in [-0.3, -0.25) is 4.90 Å². The van der Waals surface area contributed by atoms with Crippen molar-refractivity contribution in [2.24, 2.45) is 11.1 Å². The van der Waals surface area contributed by atoms with E-state index in [2.05, 4.69) is 17.9 Å². The summed E-state index contributed by atoms with van der Waals surface area (Å²) in [6, 6.07) is 3.52. The Bertz CT molecular complexity index is 254. The predicted octanol–water partition coefficient (Wildman–Crippen LogP) is 2.13. The van der Waals surface area contributed by atoms with E-state index in [1.54, 1.807) is 0 Å². The SMILES string of the molecule is CC1CCCC(CN)N1CCC(C)(C)C#N. The Balaban J connectivity index is 2.52. The molecule has 0 aromatic carbocycles. The van der Waals surface area contributed by atoms with Gasteiger partial charge in [0, 0.05) is 25.2 Å². The van der Waals surface area contributed by atoms with Gasteiger partial charge in [-0.25, -0.2) is 0 Å². The summed E-state index contributed by atoms with van der Waals surface area (Å²) in [6.07, 6.45) is 4.71. The van der Waals surface area contributed by atoms with Crippen molar-refractivity contribution in [1.29, 1.82) is 5.26 Å². The first-order valence-corrected chi connectivity index (χ1v) is 6.37. The number of nitrogens with zero attached hydrogens (tertiary/aromatic N) is 2. The summed E-state index contributed by atoms with van der Waals surface area (Å²) < 4.78 is 0. The highest BCUT2D eigenvalue weighted by Gasteiger charge is 2.28. The first kappa shape index (κ1) is 13.5. The molecule has 2 unspecified atom stereocenters. The molecule has 92 valence electrons. The number of nitrogens with two attached hydrogens (primary N) is 1. The Morgan fingerprint density at radius 2 is 2.12 bits per heavy atom. The second-order valence-corrected chi connectivity index (χ2v) is 5.65. The smallest absolute Gasteiger partial charge is 0.0684 e. The first-order valence-electron chi connectivity index (χ1n) is 6.37. The molecule has 1 aliphatic rings. The molecule has 0 spiro atoms. The van der Waals surface area contributed by atoms with Gasteiger partial charge in [0.15, 0.2) is 0 Å². The van der Waals surface area contributed by atoms with E-state index >= 15 is 0 Å². The molecule has 0 saturated carbocycles. The minimum atomic E-state index is -0.212. The molecule has 16 heavy (non-hydrogen) atoms. The van der Waals surface area contributed by atoms with Crippen molar-refractivity contribution in [3.8, 4) is 6.07 Å². The van der Waals surface area contributed by atoms with Gasteiger partial charge in [-0.1, -0.05) is 6.42 Å². The Kier molecular flexibility index (Phi) is 4.76. The molecule has 0 radical (unpaired) electrons. The summed E-state index contributed by atoms with van der Waals surface area (Å²) in [5.74, 6) is 0. The summed E-state index contributed by atoms with van der Waals surface area (Å²) in [7, 11) is 0. The first-order chi connectivity index (χ1) is 7.50. The van der Waals surface area contributed by atoms with Crippen LogP contribution in [0, 0.1) is 16.7 Å². The Hall–Kier alpha value is -0.590. The lowest BCUT2D eigenvalue weighted by Crippen LogP contribution is -2.49. The zero-order valence-corrected chi connectivity index (χ0v) is 10.9. The highest BCUT2D eigenvalue weighted by molar-refractivity contribution is 4.93. The molecule has 0 aliphatic carbocycles. The van der Waals surface area contributed by atoms with E-state index < -0.39 is 0 Å². The van der Waals surface area contributed by atoms with Gasteiger partial charge in [0.2, 0.25) is 0 Å². The van der Waals surface area contributed by atoms with Crippen LogP contribution in [0.3, 0.4) is 0 Å². The minimum Gasteiger partial charge on any atom is -0.329 e. The Morgan fingerprint density at radius 1 is 1.44 bits per heavy atom. The fraction of sp³-hybridized carbons (Fsp3) is 0.923. The van der Waals surface area contributed by atoms with Gasteiger partial charge >= 0.3 is 0 Å². The fourth-order valence-electron chi connectivity index (χ4n) is 2.46. The molecular weight excluding hydrogens is 198 g/mol. The highest BCUT2D eigenvalue weighted by Crippen LogP contribution is 2.26. The van der Waals surface area contributed by atoms with Crippen LogP contribution in [0.25, 0.3) is 0 Å². The van der Waals surface area contributed by atoms with Crippen molar-refractivity contribution in [1.82, 2.24) is 4.90 Å². The Labute approximate surface area is 99.6 Å². The number of rotatable bonds is 4. The van der Waals surface area contributed by atoms with Crippen LogP contribution < -0.4 is 5.73 Å². The van der Waals surface area contributed by atoms with Crippen LogP contribution in [0.15, 0.2) is 0 Å². The maximum absolute atomic E-state index is 9.02. The monoisotopic (exact) mass is 223 g/mol. The lowest BCUT2D eigenvalue weighted by atomic mass is 9.89. The normalized spacial score (nSPS) is 27.7. The van der Waals surface area contributed by atoms with Gasteiger partial charge in [0.25, 0.3) is 0 Å². The summed E-state index contributed by atoms with van der Waals surface area (Å²) in [4.78, 5) is 2.50. The van der Waals surface area contributed by atoms with E-state index in [0.29, 0.717) is 12.1 Å². The molecule has 2 N–H and O–H groups in total. The topological polar surface area (TPSA) is 53.0 Å². The maximum Gasteiger partial charge on any atom is 0.0684 e. The zero-order chi connectivity index (χ0) is 12.2. The largest absolute Gasteiger partial charge is 0.329 e. The summed E-state index contributed by atoms with van der Waals surface area (Å²) in [5.41, 5.74) is 5.61. The van der Waals surface area contributed by atoms with Crippen molar-refractivity contribution >= 4 is 0 Å². The van der Waals surface area contributed by atoms with E-state index in [4.69, 9.17) is 11.0 Å². The predicted molar refractivity (Wildman–Crippen MR) is 66.9 cm³/mol. The summed E-state index contributed by atoms with van der Waals surface area (Å²) >= 11 is 0. The standard InChI is InChI=1S/C13H25N3/c1-11-5-4-6-12(9-14)16(11)8-7-13(2,3)10-15/h11-12H,4-9,14H2,1-3H3. The molecule has 0 aromatic heterocycles. The third kappa shape index (κ3) is 3.47. The number of hydrogen-bond donors (Lipinski definition) is 1. The molecule has 1 saturated heterocycles. The van der Waals surface area contributed by atoms with Crippen molar-refractivity contribution < 1.29 is 0 Å². The Morgan fingerprint density at radius 3 is 2.69 bits per heavy atom. The van der Waals surface area contributed by atoms with Gasteiger partial charge in [0.05, 0.1) is 11.5 Å².